The number of halogens is 3. The van der Waals surface area contributed by atoms with Crippen molar-refractivity contribution in [3.05, 3.63) is 46.9 Å². The molecule has 1 aromatic carbocycles. The minimum Gasteiger partial charge on any atom is -0.368 e. The Balaban J connectivity index is 2.31. The van der Waals surface area contributed by atoms with E-state index in [1.165, 1.54) is 6.07 Å². The SMILES string of the molecule is Nc1cc(Cc2cc(F)c(F)cc2F)no1. The number of nitrogens with zero attached hydrogens (tertiary/aromatic N) is 1. The molecule has 1 heterocycles. The minimum absolute atomic E-state index is 0.00722. The van der Waals surface area contributed by atoms with Crippen LogP contribution in [0.15, 0.2) is 22.7 Å². The number of anilines is 1. The van der Waals surface area contributed by atoms with Gasteiger partial charge in [0.15, 0.2) is 11.6 Å². The van der Waals surface area contributed by atoms with E-state index in [1.54, 1.807) is 0 Å². The molecule has 0 fully saturated rings. The van der Waals surface area contributed by atoms with E-state index in [1.807, 2.05) is 0 Å². The van der Waals surface area contributed by atoms with Crippen LogP contribution in [0.25, 0.3) is 0 Å². The lowest BCUT2D eigenvalue weighted by atomic mass is 10.1. The number of rotatable bonds is 2. The van der Waals surface area contributed by atoms with Crippen LogP contribution in [0.3, 0.4) is 0 Å². The third kappa shape index (κ3) is 2.00. The van der Waals surface area contributed by atoms with E-state index < -0.39 is 17.5 Å². The molecule has 0 atom stereocenters. The number of hydrogen-bond acceptors (Lipinski definition) is 3. The summed E-state index contributed by atoms with van der Waals surface area (Å²) in [5, 5.41) is 3.52. The van der Waals surface area contributed by atoms with Crippen molar-refractivity contribution in [2.45, 2.75) is 6.42 Å². The summed E-state index contributed by atoms with van der Waals surface area (Å²) in [7, 11) is 0. The first-order chi connectivity index (χ1) is 7.56. The Bertz CT molecular complexity index is 525. The van der Waals surface area contributed by atoms with Gasteiger partial charge in [0.25, 0.3) is 0 Å². The molecule has 0 radical (unpaired) electrons. The number of nitrogen functional groups attached to an aromatic ring is 1. The topological polar surface area (TPSA) is 52.0 Å². The maximum absolute atomic E-state index is 13.2. The lowest BCUT2D eigenvalue weighted by Gasteiger charge is -2.01. The van der Waals surface area contributed by atoms with Crippen LogP contribution in [-0.2, 0) is 6.42 Å². The van der Waals surface area contributed by atoms with E-state index >= 15 is 0 Å². The molecule has 0 saturated heterocycles. The molecule has 0 unspecified atom stereocenters. The van der Waals surface area contributed by atoms with E-state index in [0.29, 0.717) is 11.8 Å². The number of aromatic nitrogens is 1. The summed E-state index contributed by atoms with van der Waals surface area (Å²) in [6, 6.07) is 2.67. The van der Waals surface area contributed by atoms with Crippen molar-refractivity contribution < 1.29 is 17.7 Å². The second-order valence-electron chi connectivity index (χ2n) is 3.26. The first-order valence-electron chi connectivity index (χ1n) is 4.41. The molecule has 0 aliphatic carbocycles. The van der Waals surface area contributed by atoms with Crippen LogP contribution < -0.4 is 5.73 Å². The molecule has 0 amide bonds. The molecule has 6 heteroatoms. The first-order valence-corrected chi connectivity index (χ1v) is 4.41. The van der Waals surface area contributed by atoms with Crippen LogP contribution in [0.5, 0.6) is 0 Å². The fraction of sp³-hybridized carbons (Fsp3) is 0.100. The quantitative estimate of drug-likeness (QED) is 0.802. The molecule has 0 aliphatic heterocycles. The summed E-state index contributed by atoms with van der Waals surface area (Å²) in [6.45, 7) is 0. The number of nitrogens with two attached hydrogens (primary N) is 1. The molecule has 84 valence electrons. The average Bonchev–Trinajstić information content (AvgIpc) is 2.60. The van der Waals surface area contributed by atoms with Crippen molar-refractivity contribution in [3.63, 3.8) is 0 Å². The first kappa shape index (κ1) is 10.5. The van der Waals surface area contributed by atoms with Gasteiger partial charge < -0.3 is 10.3 Å². The van der Waals surface area contributed by atoms with Crippen molar-refractivity contribution >= 4 is 5.88 Å². The Kier molecular flexibility index (Phi) is 2.55. The van der Waals surface area contributed by atoms with Crippen LogP contribution in [0.4, 0.5) is 19.1 Å². The summed E-state index contributed by atoms with van der Waals surface area (Å²) in [5.74, 6) is -3.08. The fourth-order valence-corrected chi connectivity index (χ4v) is 1.31. The van der Waals surface area contributed by atoms with Gasteiger partial charge >= 0.3 is 0 Å². The van der Waals surface area contributed by atoms with Gasteiger partial charge in [-0.2, -0.15) is 0 Å². The summed E-state index contributed by atoms with van der Waals surface area (Å²) in [5.41, 5.74) is 5.61. The lowest BCUT2D eigenvalue weighted by Crippen LogP contribution is -1.97. The van der Waals surface area contributed by atoms with Crippen LogP contribution in [0, 0.1) is 17.5 Å². The van der Waals surface area contributed by atoms with Crippen LogP contribution in [0.1, 0.15) is 11.3 Å². The molecule has 0 spiro atoms. The smallest absolute Gasteiger partial charge is 0.222 e. The fourth-order valence-electron chi connectivity index (χ4n) is 1.31. The normalized spacial score (nSPS) is 10.7. The van der Waals surface area contributed by atoms with Crippen molar-refractivity contribution in [2.24, 2.45) is 0 Å². The van der Waals surface area contributed by atoms with Crippen molar-refractivity contribution in [1.29, 1.82) is 0 Å². The molecular formula is C10H7F3N2O. The highest BCUT2D eigenvalue weighted by atomic mass is 19.2. The van der Waals surface area contributed by atoms with Gasteiger partial charge in [0, 0.05) is 18.6 Å². The summed E-state index contributed by atoms with van der Waals surface area (Å²) in [4.78, 5) is 0. The maximum Gasteiger partial charge on any atom is 0.222 e. The van der Waals surface area contributed by atoms with E-state index in [-0.39, 0.29) is 17.9 Å². The molecular weight excluding hydrogens is 221 g/mol. The van der Waals surface area contributed by atoms with Gasteiger partial charge in [0.05, 0.1) is 5.69 Å². The maximum atomic E-state index is 13.2. The average molecular weight is 228 g/mol. The molecule has 2 rings (SSSR count). The zero-order valence-corrected chi connectivity index (χ0v) is 8.01. The molecule has 16 heavy (non-hydrogen) atoms. The van der Waals surface area contributed by atoms with Gasteiger partial charge in [-0.25, -0.2) is 13.2 Å². The van der Waals surface area contributed by atoms with E-state index in [4.69, 9.17) is 5.73 Å². The highest BCUT2D eigenvalue weighted by molar-refractivity contribution is 5.30. The predicted molar refractivity (Wildman–Crippen MR) is 50.0 cm³/mol. The lowest BCUT2D eigenvalue weighted by molar-refractivity contribution is 0.428. The van der Waals surface area contributed by atoms with Gasteiger partial charge in [0.2, 0.25) is 5.88 Å². The van der Waals surface area contributed by atoms with Crippen LogP contribution >= 0.6 is 0 Å². The van der Waals surface area contributed by atoms with Gasteiger partial charge in [-0.1, -0.05) is 5.16 Å². The third-order valence-electron chi connectivity index (χ3n) is 2.04. The van der Waals surface area contributed by atoms with Gasteiger partial charge in [0.1, 0.15) is 5.82 Å². The third-order valence-corrected chi connectivity index (χ3v) is 2.04. The Hall–Kier alpha value is -1.98. The summed E-state index contributed by atoms with van der Waals surface area (Å²) in [6.07, 6.45) is -0.0102. The highest BCUT2D eigenvalue weighted by Crippen LogP contribution is 2.17. The second-order valence-corrected chi connectivity index (χ2v) is 3.26. The molecule has 0 bridgehead atoms. The molecule has 1 aromatic heterocycles. The summed E-state index contributed by atoms with van der Waals surface area (Å²) >= 11 is 0. The predicted octanol–water partition coefficient (Wildman–Crippen LogP) is 2.26. The van der Waals surface area contributed by atoms with Crippen molar-refractivity contribution in [2.75, 3.05) is 5.73 Å². The van der Waals surface area contributed by atoms with Gasteiger partial charge in [-0.3, -0.25) is 0 Å². The monoisotopic (exact) mass is 228 g/mol. The number of hydrogen-bond donors (Lipinski definition) is 1. The van der Waals surface area contributed by atoms with Gasteiger partial charge in [-0.05, 0) is 11.6 Å². The standard InChI is InChI=1S/C10H7F3N2O/c11-7-4-9(13)8(12)2-5(7)1-6-3-10(14)16-15-6/h2-4H,1,14H2. The largest absolute Gasteiger partial charge is 0.368 e. The summed E-state index contributed by atoms with van der Waals surface area (Å²) < 4.78 is 43.3. The Morgan fingerprint density at radius 1 is 1.06 bits per heavy atom. The van der Waals surface area contributed by atoms with E-state index in [9.17, 15) is 13.2 Å². The minimum atomic E-state index is -1.22. The number of benzene rings is 1. The van der Waals surface area contributed by atoms with Crippen molar-refractivity contribution in [1.82, 2.24) is 5.16 Å². The highest BCUT2D eigenvalue weighted by Gasteiger charge is 2.12. The molecule has 2 aromatic rings. The van der Waals surface area contributed by atoms with Crippen molar-refractivity contribution in [3.8, 4) is 0 Å². The molecule has 2 N–H and O–H groups in total. The molecule has 0 aliphatic rings. The molecule has 0 saturated carbocycles. The van der Waals surface area contributed by atoms with Gasteiger partial charge in [-0.15, -0.1) is 0 Å². The Morgan fingerprint density at radius 2 is 1.75 bits per heavy atom. The molecule has 3 nitrogen and oxygen atoms in total. The zero-order valence-electron chi connectivity index (χ0n) is 8.01. The second kappa shape index (κ2) is 3.88. The van der Waals surface area contributed by atoms with E-state index in [0.717, 1.165) is 6.07 Å². The van der Waals surface area contributed by atoms with Crippen LogP contribution in [0.2, 0.25) is 0 Å². The van der Waals surface area contributed by atoms with Crippen LogP contribution in [-0.4, -0.2) is 5.16 Å². The Labute approximate surface area is 88.7 Å². The van der Waals surface area contributed by atoms with E-state index in [2.05, 4.69) is 9.68 Å². The Morgan fingerprint density at radius 3 is 2.38 bits per heavy atom. The zero-order chi connectivity index (χ0) is 11.7.